The minimum Gasteiger partial charge on any atom is -0.479 e. The lowest BCUT2D eigenvalue weighted by Gasteiger charge is -2.18. The van der Waals surface area contributed by atoms with Crippen molar-refractivity contribution in [2.45, 2.75) is 6.42 Å². The normalized spacial score (nSPS) is 14.2. The van der Waals surface area contributed by atoms with Crippen molar-refractivity contribution in [3.8, 4) is 0 Å². The van der Waals surface area contributed by atoms with Crippen LogP contribution in [0.5, 0.6) is 0 Å². The first-order valence-corrected chi connectivity index (χ1v) is 8.50. The lowest BCUT2D eigenvalue weighted by atomic mass is 10.4. The van der Waals surface area contributed by atoms with E-state index >= 15 is 0 Å². The molecular weight excluding hydrogens is 265 g/mol. The molecule has 2 aromatic rings. The van der Waals surface area contributed by atoms with Gasteiger partial charge in [-0.1, -0.05) is 60.7 Å². The maximum atomic E-state index is 5.54. The Balaban J connectivity index is 1.80. The Labute approximate surface area is 121 Å². The van der Waals surface area contributed by atoms with Crippen LogP contribution in [0.1, 0.15) is 6.42 Å². The van der Waals surface area contributed by atoms with E-state index in [9.17, 15) is 0 Å². The van der Waals surface area contributed by atoms with Gasteiger partial charge in [-0.05, 0) is 24.7 Å². The minimum atomic E-state index is -0.328. The molecular formula is C17H18NOP. The molecule has 1 aliphatic rings. The van der Waals surface area contributed by atoms with Crippen molar-refractivity contribution in [1.29, 1.82) is 0 Å². The second-order valence-electron chi connectivity index (χ2n) is 4.70. The van der Waals surface area contributed by atoms with Gasteiger partial charge in [0.1, 0.15) is 6.61 Å². The van der Waals surface area contributed by atoms with Gasteiger partial charge in [0, 0.05) is 6.42 Å². The summed E-state index contributed by atoms with van der Waals surface area (Å²) in [5.41, 5.74) is 0. The average Bonchev–Trinajstić information content (AvgIpc) is 3.03. The highest BCUT2D eigenvalue weighted by Crippen LogP contribution is 2.34. The Bertz CT molecular complexity index is 529. The maximum Gasteiger partial charge on any atom is 0.183 e. The Morgan fingerprint density at radius 3 is 2.00 bits per heavy atom. The number of hydrogen-bond donors (Lipinski definition) is 0. The Kier molecular flexibility index (Phi) is 4.45. The number of hydrogen-bond acceptors (Lipinski definition) is 2. The molecule has 0 unspecified atom stereocenters. The highest BCUT2D eigenvalue weighted by Gasteiger charge is 2.16. The van der Waals surface area contributed by atoms with E-state index in [-0.39, 0.29) is 7.92 Å². The highest BCUT2D eigenvalue weighted by molar-refractivity contribution is 7.73. The monoisotopic (exact) mass is 283 g/mol. The van der Waals surface area contributed by atoms with Crippen molar-refractivity contribution < 1.29 is 4.74 Å². The Morgan fingerprint density at radius 1 is 0.900 bits per heavy atom. The number of rotatable bonds is 5. The Hall–Kier alpha value is -1.66. The zero-order chi connectivity index (χ0) is 13.6. The number of ether oxygens (including phenoxy) is 1. The van der Waals surface area contributed by atoms with Gasteiger partial charge in [0.05, 0.1) is 6.54 Å². The predicted molar refractivity (Wildman–Crippen MR) is 86.8 cm³/mol. The molecule has 0 radical (unpaired) electrons. The van der Waals surface area contributed by atoms with E-state index in [1.54, 1.807) is 0 Å². The van der Waals surface area contributed by atoms with Crippen LogP contribution in [-0.2, 0) is 4.74 Å². The topological polar surface area (TPSA) is 21.6 Å². The van der Waals surface area contributed by atoms with Gasteiger partial charge in [-0.3, -0.25) is 4.99 Å². The summed E-state index contributed by atoms with van der Waals surface area (Å²) in [5.74, 6) is 0.935. The zero-order valence-corrected chi connectivity index (χ0v) is 12.3. The van der Waals surface area contributed by atoms with Gasteiger partial charge in [0.25, 0.3) is 0 Å². The smallest absolute Gasteiger partial charge is 0.183 e. The van der Waals surface area contributed by atoms with E-state index in [0.717, 1.165) is 31.6 Å². The second-order valence-corrected chi connectivity index (χ2v) is 7.03. The van der Waals surface area contributed by atoms with E-state index < -0.39 is 0 Å². The molecule has 0 amide bonds. The second kappa shape index (κ2) is 6.67. The van der Waals surface area contributed by atoms with Gasteiger partial charge < -0.3 is 4.74 Å². The molecule has 0 aromatic heterocycles. The Morgan fingerprint density at radius 2 is 1.50 bits per heavy atom. The molecule has 0 saturated carbocycles. The molecule has 3 heteroatoms. The molecule has 0 spiro atoms. The molecule has 2 aromatic carbocycles. The van der Waals surface area contributed by atoms with Crippen LogP contribution in [0, 0.1) is 0 Å². The first-order chi connectivity index (χ1) is 9.93. The fourth-order valence-electron chi connectivity index (χ4n) is 2.36. The lowest BCUT2D eigenvalue weighted by molar-refractivity contribution is 0.340. The summed E-state index contributed by atoms with van der Waals surface area (Å²) in [6, 6.07) is 21.6. The third kappa shape index (κ3) is 3.26. The van der Waals surface area contributed by atoms with Crippen LogP contribution >= 0.6 is 7.92 Å². The van der Waals surface area contributed by atoms with Crippen LogP contribution in [0.2, 0.25) is 0 Å². The van der Waals surface area contributed by atoms with E-state index in [4.69, 9.17) is 4.74 Å². The van der Waals surface area contributed by atoms with E-state index in [1.165, 1.54) is 10.6 Å². The minimum absolute atomic E-state index is 0.328. The van der Waals surface area contributed by atoms with Crippen LogP contribution in [0.15, 0.2) is 65.7 Å². The van der Waals surface area contributed by atoms with E-state index in [2.05, 4.69) is 65.7 Å². The number of nitrogens with zero attached hydrogens (tertiary/aromatic N) is 1. The summed E-state index contributed by atoms with van der Waals surface area (Å²) in [6.45, 7) is 1.58. The molecule has 0 atom stereocenters. The summed E-state index contributed by atoms with van der Waals surface area (Å²) in [6.07, 6.45) is 2.04. The summed E-state index contributed by atoms with van der Waals surface area (Å²) >= 11 is 0. The van der Waals surface area contributed by atoms with Crippen LogP contribution in [0.25, 0.3) is 0 Å². The van der Waals surface area contributed by atoms with Crippen molar-refractivity contribution in [1.82, 2.24) is 0 Å². The summed E-state index contributed by atoms with van der Waals surface area (Å²) in [4.78, 5) is 4.40. The van der Waals surface area contributed by atoms with Crippen LogP contribution in [0.3, 0.4) is 0 Å². The molecule has 1 aliphatic heterocycles. The zero-order valence-electron chi connectivity index (χ0n) is 11.4. The van der Waals surface area contributed by atoms with Gasteiger partial charge in [-0.15, -0.1) is 0 Å². The van der Waals surface area contributed by atoms with Crippen molar-refractivity contribution in [3.05, 3.63) is 60.7 Å². The van der Waals surface area contributed by atoms with Gasteiger partial charge in [0.15, 0.2) is 5.90 Å². The number of aliphatic imine (C=N–C) groups is 1. The molecule has 20 heavy (non-hydrogen) atoms. The van der Waals surface area contributed by atoms with Gasteiger partial charge in [-0.25, -0.2) is 0 Å². The van der Waals surface area contributed by atoms with Crippen LogP contribution in [0.4, 0.5) is 0 Å². The fraction of sp³-hybridized carbons (Fsp3) is 0.235. The lowest BCUT2D eigenvalue weighted by Crippen LogP contribution is -2.15. The van der Waals surface area contributed by atoms with Gasteiger partial charge in [-0.2, -0.15) is 0 Å². The predicted octanol–water partition coefficient (Wildman–Crippen LogP) is 2.94. The van der Waals surface area contributed by atoms with Crippen molar-refractivity contribution >= 4 is 24.4 Å². The summed E-state index contributed by atoms with van der Waals surface area (Å²) < 4.78 is 5.54. The largest absolute Gasteiger partial charge is 0.479 e. The van der Waals surface area contributed by atoms with Crippen molar-refractivity contribution in [2.75, 3.05) is 19.3 Å². The summed E-state index contributed by atoms with van der Waals surface area (Å²) in [7, 11) is -0.328. The molecule has 1 heterocycles. The molecule has 102 valence electrons. The first-order valence-electron chi connectivity index (χ1n) is 6.97. The molecule has 0 fully saturated rings. The van der Waals surface area contributed by atoms with Crippen molar-refractivity contribution in [3.63, 3.8) is 0 Å². The average molecular weight is 283 g/mol. The molecule has 0 bridgehead atoms. The van der Waals surface area contributed by atoms with E-state index in [1.807, 2.05) is 0 Å². The SMILES string of the molecule is c1ccc(P(CCC2=NCCO2)c2ccccc2)cc1. The maximum absolute atomic E-state index is 5.54. The molecule has 2 nitrogen and oxygen atoms in total. The third-order valence-corrected chi connectivity index (χ3v) is 5.85. The quantitative estimate of drug-likeness (QED) is 0.773. The van der Waals surface area contributed by atoms with Crippen molar-refractivity contribution in [2.24, 2.45) is 4.99 Å². The van der Waals surface area contributed by atoms with Crippen LogP contribution < -0.4 is 10.6 Å². The van der Waals surface area contributed by atoms with Crippen LogP contribution in [-0.4, -0.2) is 25.2 Å². The fourth-order valence-corrected chi connectivity index (χ4v) is 4.65. The highest BCUT2D eigenvalue weighted by atomic mass is 31.1. The molecule has 0 saturated heterocycles. The van der Waals surface area contributed by atoms with Gasteiger partial charge in [0.2, 0.25) is 0 Å². The number of benzene rings is 2. The molecule has 0 aliphatic carbocycles. The first kappa shape index (κ1) is 13.3. The van der Waals surface area contributed by atoms with E-state index in [0.29, 0.717) is 0 Å². The standard InChI is InChI=1S/C17H18NOP/c1-3-7-15(8-4-1)20(16-9-5-2-6-10-16)14-11-17-18-12-13-19-17/h1-10H,11-14H2. The van der Waals surface area contributed by atoms with Gasteiger partial charge >= 0.3 is 0 Å². The third-order valence-electron chi connectivity index (χ3n) is 3.33. The molecule has 0 N–H and O–H groups in total. The molecule has 3 rings (SSSR count). The summed E-state index contributed by atoms with van der Waals surface area (Å²) in [5, 5.41) is 2.85.